The van der Waals surface area contributed by atoms with Gasteiger partial charge in [0.15, 0.2) is 5.57 Å². The molecule has 0 spiro atoms. The summed E-state index contributed by atoms with van der Waals surface area (Å²) in [5, 5.41) is 11.7. The number of esters is 1. The quantitative estimate of drug-likeness (QED) is 0.489. The van der Waals surface area contributed by atoms with Gasteiger partial charge in [-0.1, -0.05) is 6.07 Å². The van der Waals surface area contributed by atoms with Gasteiger partial charge in [-0.3, -0.25) is 0 Å². The third-order valence-corrected chi connectivity index (χ3v) is 2.07. The molecule has 1 rings (SSSR count). The highest BCUT2D eigenvalue weighted by atomic mass is 16.5. The third kappa shape index (κ3) is 3.83. The molecule has 1 aromatic carbocycles. The number of nitrogens with one attached hydrogen (secondary N) is 1. The van der Waals surface area contributed by atoms with Crippen LogP contribution >= 0.6 is 0 Å². The van der Waals surface area contributed by atoms with Crippen LogP contribution in [0.3, 0.4) is 0 Å². The van der Waals surface area contributed by atoms with E-state index in [9.17, 15) is 4.79 Å². The van der Waals surface area contributed by atoms with Crippen molar-refractivity contribution in [2.24, 2.45) is 0 Å². The van der Waals surface area contributed by atoms with Crippen LogP contribution in [0.1, 0.15) is 6.92 Å². The summed E-state index contributed by atoms with van der Waals surface area (Å²) in [6.45, 7) is 1.92. The Morgan fingerprint density at radius 1 is 1.56 bits per heavy atom. The number of hydrogen-bond acceptors (Lipinski definition) is 5. The van der Waals surface area contributed by atoms with Gasteiger partial charge in [0.1, 0.15) is 11.8 Å². The molecule has 0 fully saturated rings. The van der Waals surface area contributed by atoms with Crippen LogP contribution in [0.15, 0.2) is 36.0 Å². The second kappa shape index (κ2) is 6.97. The van der Waals surface area contributed by atoms with Gasteiger partial charge in [-0.05, 0) is 19.1 Å². The fraction of sp³-hybridized carbons (Fsp3) is 0.231. The summed E-state index contributed by atoms with van der Waals surface area (Å²) in [6.07, 6.45) is 1.31. The molecule has 0 aliphatic heterocycles. The van der Waals surface area contributed by atoms with Crippen molar-refractivity contribution in [1.29, 1.82) is 5.26 Å². The Bertz CT molecular complexity index is 489. The standard InChI is InChI=1S/C13H14N2O3/c1-3-18-13(16)10(8-14)9-15-11-5-4-6-12(7-11)17-2/h4-7,9,15H,3H2,1-2H3. The number of rotatable bonds is 5. The summed E-state index contributed by atoms with van der Waals surface area (Å²) in [5.74, 6) is 0.0402. The first-order valence-electron chi connectivity index (χ1n) is 5.39. The molecule has 18 heavy (non-hydrogen) atoms. The number of nitrogens with zero attached hydrogens (tertiary/aromatic N) is 1. The van der Waals surface area contributed by atoms with E-state index in [0.29, 0.717) is 11.4 Å². The zero-order valence-electron chi connectivity index (χ0n) is 10.3. The van der Waals surface area contributed by atoms with E-state index >= 15 is 0 Å². The van der Waals surface area contributed by atoms with E-state index in [2.05, 4.69) is 5.32 Å². The first-order chi connectivity index (χ1) is 8.71. The van der Waals surface area contributed by atoms with Crippen molar-refractivity contribution in [3.8, 4) is 11.8 Å². The first kappa shape index (κ1) is 13.6. The zero-order chi connectivity index (χ0) is 13.4. The van der Waals surface area contributed by atoms with Crippen molar-refractivity contribution in [3.63, 3.8) is 0 Å². The number of hydrogen-bond donors (Lipinski definition) is 1. The molecule has 5 heteroatoms. The molecule has 0 atom stereocenters. The van der Waals surface area contributed by atoms with Crippen LogP contribution in [-0.2, 0) is 9.53 Å². The van der Waals surface area contributed by atoms with E-state index in [4.69, 9.17) is 14.7 Å². The minimum atomic E-state index is -0.643. The van der Waals surface area contributed by atoms with Crippen molar-refractivity contribution in [1.82, 2.24) is 0 Å². The largest absolute Gasteiger partial charge is 0.497 e. The van der Waals surface area contributed by atoms with E-state index in [1.807, 2.05) is 0 Å². The summed E-state index contributed by atoms with van der Waals surface area (Å²) in [5.41, 5.74) is 0.631. The zero-order valence-corrected chi connectivity index (χ0v) is 10.3. The summed E-state index contributed by atoms with van der Waals surface area (Å²) in [4.78, 5) is 11.3. The maximum atomic E-state index is 11.3. The Kier molecular flexibility index (Phi) is 5.26. The minimum absolute atomic E-state index is 0.0836. The molecule has 0 aliphatic rings. The molecule has 0 heterocycles. The van der Waals surface area contributed by atoms with Crippen molar-refractivity contribution in [3.05, 3.63) is 36.0 Å². The Balaban J connectivity index is 2.77. The molecule has 94 valence electrons. The number of methoxy groups -OCH3 is 1. The Morgan fingerprint density at radius 3 is 2.94 bits per heavy atom. The molecule has 0 saturated heterocycles. The second-order valence-corrected chi connectivity index (χ2v) is 3.27. The lowest BCUT2D eigenvalue weighted by molar-refractivity contribution is -0.138. The minimum Gasteiger partial charge on any atom is -0.497 e. The van der Waals surface area contributed by atoms with E-state index in [-0.39, 0.29) is 12.2 Å². The smallest absolute Gasteiger partial charge is 0.350 e. The fourth-order valence-corrected chi connectivity index (χ4v) is 1.21. The molecule has 1 N–H and O–H groups in total. The molecular formula is C13H14N2O3. The van der Waals surface area contributed by atoms with E-state index in [0.717, 1.165) is 0 Å². The first-order valence-corrected chi connectivity index (χ1v) is 5.39. The number of ether oxygens (including phenoxy) is 2. The van der Waals surface area contributed by atoms with Gasteiger partial charge in [-0.25, -0.2) is 4.79 Å². The average molecular weight is 246 g/mol. The van der Waals surface area contributed by atoms with E-state index < -0.39 is 5.97 Å². The molecule has 0 bridgehead atoms. The lowest BCUT2D eigenvalue weighted by atomic mass is 10.3. The van der Waals surface area contributed by atoms with Crippen molar-refractivity contribution < 1.29 is 14.3 Å². The lowest BCUT2D eigenvalue weighted by Gasteiger charge is -2.04. The number of nitriles is 1. The average Bonchev–Trinajstić information content (AvgIpc) is 2.40. The molecule has 0 amide bonds. The van der Waals surface area contributed by atoms with Crippen molar-refractivity contribution >= 4 is 11.7 Å². The molecule has 0 aliphatic carbocycles. The normalized spacial score (nSPS) is 10.4. The van der Waals surface area contributed by atoms with Crippen LogP contribution in [0, 0.1) is 11.3 Å². The van der Waals surface area contributed by atoms with Crippen LogP contribution < -0.4 is 10.1 Å². The van der Waals surface area contributed by atoms with E-state index in [1.54, 1.807) is 44.4 Å². The van der Waals surface area contributed by atoms with Gasteiger partial charge in [0.05, 0.1) is 13.7 Å². The van der Waals surface area contributed by atoms with Crippen molar-refractivity contribution in [2.75, 3.05) is 19.0 Å². The molecule has 0 saturated carbocycles. The highest BCUT2D eigenvalue weighted by Gasteiger charge is 2.08. The van der Waals surface area contributed by atoms with Crippen LogP contribution in [-0.4, -0.2) is 19.7 Å². The predicted octanol–water partition coefficient (Wildman–Crippen LogP) is 2.08. The maximum Gasteiger partial charge on any atom is 0.350 e. The second-order valence-electron chi connectivity index (χ2n) is 3.27. The van der Waals surface area contributed by atoms with Crippen LogP contribution in [0.25, 0.3) is 0 Å². The SMILES string of the molecule is CCOC(=O)C(C#N)=CNc1cccc(OC)c1. The number of carbonyl (C=O) groups excluding carboxylic acids is 1. The molecule has 0 aromatic heterocycles. The third-order valence-electron chi connectivity index (χ3n) is 2.07. The number of carbonyl (C=O) groups is 1. The Labute approximate surface area is 106 Å². The molecule has 0 unspecified atom stereocenters. The van der Waals surface area contributed by atoms with Gasteiger partial charge in [0.25, 0.3) is 0 Å². The summed E-state index contributed by atoms with van der Waals surface area (Å²) < 4.78 is 9.79. The van der Waals surface area contributed by atoms with Gasteiger partial charge in [0, 0.05) is 18.0 Å². The Morgan fingerprint density at radius 2 is 2.33 bits per heavy atom. The van der Waals surface area contributed by atoms with Gasteiger partial charge in [0.2, 0.25) is 0 Å². The van der Waals surface area contributed by atoms with Gasteiger partial charge in [-0.15, -0.1) is 0 Å². The number of anilines is 1. The van der Waals surface area contributed by atoms with Gasteiger partial charge in [-0.2, -0.15) is 5.26 Å². The summed E-state index contributed by atoms with van der Waals surface area (Å²) in [6, 6.07) is 8.91. The number of benzene rings is 1. The van der Waals surface area contributed by atoms with Crippen molar-refractivity contribution in [2.45, 2.75) is 6.92 Å². The highest BCUT2D eigenvalue weighted by Crippen LogP contribution is 2.16. The predicted molar refractivity (Wildman–Crippen MR) is 66.9 cm³/mol. The summed E-state index contributed by atoms with van der Waals surface area (Å²) >= 11 is 0. The highest BCUT2D eigenvalue weighted by molar-refractivity contribution is 5.93. The summed E-state index contributed by atoms with van der Waals surface area (Å²) in [7, 11) is 1.56. The lowest BCUT2D eigenvalue weighted by Crippen LogP contribution is -2.07. The molecule has 0 radical (unpaired) electrons. The van der Waals surface area contributed by atoms with E-state index in [1.165, 1.54) is 6.20 Å². The van der Waals surface area contributed by atoms with Crippen LogP contribution in [0.4, 0.5) is 5.69 Å². The molecular weight excluding hydrogens is 232 g/mol. The molecule has 5 nitrogen and oxygen atoms in total. The van der Waals surface area contributed by atoms with Crippen LogP contribution in [0.5, 0.6) is 5.75 Å². The monoisotopic (exact) mass is 246 g/mol. The fourth-order valence-electron chi connectivity index (χ4n) is 1.21. The molecule has 1 aromatic rings. The van der Waals surface area contributed by atoms with Gasteiger partial charge >= 0.3 is 5.97 Å². The van der Waals surface area contributed by atoms with Crippen LogP contribution in [0.2, 0.25) is 0 Å². The topological polar surface area (TPSA) is 71.4 Å². The maximum absolute atomic E-state index is 11.3. The Hall–Kier alpha value is -2.48. The van der Waals surface area contributed by atoms with Gasteiger partial charge < -0.3 is 14.8 Å².